The van der Waals surface area contributed by atoms with Crippen molar-refractivity contribution in [3.63, 3.8) is 0 Å². The zero-order chi connectivity index (χ0) is 20.3. The number of rotatable bonds is 4. The van der Waals surface area contributed by atoms with Crippen molar-refractivity contribution in [1.82, 2.24) is 10.2 Å². The Morgan fingerprint density at radius 1 is 1.18 bits per heavy atom. The third-order valence-corrected chi connectivity index (χ3v) is 5.84. The number of halogens is 3. The third-order valence-electron chi connectivity index (χ3n) is 4.32. The van der Waals surface area contributed by atoms with Crippen molar-refractivity contribution < 1.29 is 14.4 Å². The van der Waals surface area contributed by atoms with Crippen LogP contribution in [-0.4, -0.2) is 28.8 Å². The second-order valence-corrected chi connectivity index (χ2v) is 8.19. The lowest BCUT2D eigenvalue weighted by Gasteiger charge is -2.23. The number of hydrogen-bond acceptors (Lipinski definition) is 3. The normalized spacial score (nSPS) is 16.2. The number of para-hydroxylation sites is 1. The molecule has 4 amide bonds. The Kier molecular flexibility index (Phi) is 6.79. The van der Waals surface area contributed by atoms with Gasteiger partial charge in [0.2, 0.25) is 11.8 Å². The molecule has 0 spiro atoms. The summed E-state index contributed by atoms with van der Waals surface area (Å²) in [6, 6.07) is 10.7. The monoisotopic (exact) mass is 531 g/mol. The van der Waals surface area contributed by atoms with Gasteiger partial charge in [-0.05, 0) is 58.8 Å². The highest BCUT2D eigenvalue weighted by atomic mass is 127. The van der Waals surface area contributed by atoms with E-state index >= 15 is 0 Å². The summed E-state index contributed by atoms with van der Waals surface area (Å²) in [6.45, 7) is 0.172. The smallest absolute Gasteiger partial charge is 0.329 e. The molecule has 1 aliphatic heterocycles. The van der Waals surface area contributed by atoms with Crippen LogP contribution < -0.4 is 10.6 Å². The molecular weight excluding hydrogens is 516 g/mol. The molecule has 0 saturated carbocycles. The summed E-state index contributed by atoms with van der Waals surface area (Å²) >= 11 is 14.1. The van der Waals surface area contributed by atoms with Gasteiger partial charge in [-0.3, -0.25) is 14.5 Å². The minimum Gasteiger partial charge on any atom is -0.350 e. The first kappa shape index (κ1) is 20.9. The molecule has 2 aromatic carbocycles. The van der Waals surface area contributed by atoms with Gasteiger partial charge in [-0.1, -0.05) is 41.4 Å². The molecule has 1 saturated heterocycles. The zero-order valence-corrected chi connectivity index (χ0v) is 18.2. The number of amides is 4. The summed E-state index contributed by atoms with van der Waals surface area (Å²) in [7, 11) is 0. The van der Waals surface area contributed by atoms with Gasteiger partial charge in [-0.25, -0.2) is 4.79 Å². The molecule has 0 aromatic heterocycles. The quantitative estimate of drug-likeness (QED) is 0.573. The average molecular weight is 532 g/mol. The molecule has 6 nitrogen and oxygen atoms in total. The molecule has 1 unspecified atom stereocenters. The van der Waals surface area contributed by atoms with E-state index in [0.29, 0.717) is 21.3 Å². The zero-order valence-electron chi connectivity index (χ0n) is 14.5. The summed E-state index contributed by atoms with van der Waals surface area (Å²) in [6.07, 6.45) is 0.414. The topological polar surface area (TPSA) is 78.5 Å². The predicted molar refractivity (Wildman–Crippen MR) is 116 cm³/mol. The summed E-state index contributed by atoms with van der Waals surface area (Å²) in [5.74, 6) is -0.789. The lowest BCUT2D eigenvalue weighted by atomic mass is 10.2. The van der Waals surface area contributed by atoms with Crippen LogP contribution >= 0.6 is 45.8 Å². The second kappa shape index (κ2) is 9.11. The molecule has 146 valence electrons. The van der Waals surface area contributed by atoms with E-state index in [2.05, 4.69) is 33.2 Å². The van der Waals surface area contributed by atoms with Gasteiger partial charge in [0.05, 0.1) is 5.69 Å². The van der Waals surface area contributed by atoms with Gasteiger partial charge in [-0.15, -0.1) is 0 Å². The largest absolute Gasteiger partial charge is 0.350 e. The summed E-state index contributed by atoms with van der Waals surface area (Å²) in [4.78, 5) is 38.5. The van der Waals surface area contributed by atoms with Crippen molar-refractivity contribution in [3.05, 3.63) is 61.6 Å². The van der Waals surface area contributed by atoms with E-state index in [4.69, 9.17) is 23.2 Å². The fourth-order valence-corrected chi connectivity index (χ4v) is 3.89. The molecule has 2 aromatic rings. The maximum atomic E-state index is 12.6. The SMILES string of the molecule is O=C(NCc1ccc(Cl)cc1Cl)C1CCC(=O)N1C(=O)Nc1ccccc1I. The first-order chi connectivity index (χ1) is 13.4. The molecule has 0 aliphatic carbocycles. The van der Waals surface area contributed by atoms with Crippen molar-refractivity contribution in [2.75, 3.05) is 5.32 Å². The highest BCUT2D eigenvalue weighted by molar-refractivity contribution is 14.1. The van der Waals surface area contributed by atoms with Crippen LogP contribution in [0.2, 0.25) is 10.0 Å². The lowest BCUT2D eigenvalue weighted by Crippen LogP contribution is -2.49. The molecule has 9 heteroatoms. The lowest BCUT2D eigenvalue weighted by molar-refractivity contribution is -0.132. The van der Waals surface area contributed by atoms with Crippen molar-refractivity contribution >= 4 is 69.3 Å². The van der Waals surface area contributed by atoms with Crippen LogP contribution in [-0.2, 0) is 16.1 Å². The van der Waals surface area contributed by atoms with Crippen LogP contribution in [0.25, 0.3) is 0 Å². The van der Waals surface area contributed by atoms with Gasteiger partial charge < -0.3 is 10.6 Å². The van der Waals surface area contributed by atoms with Gasteiger partial charge in [0.25, 0.3) is 0 Å². The minimum absolute atomic E-state index is 0.138. The Morgan fingerprint density at radius 2 is 1.93 bits per heavy atom. The van der Waals surface area contributed by atoms with Gasteiger partial charge in [0.1, 0.15) is 6.04 Å². The molecule has 1 atom stereocenters. The Morgan fingerprint density at radius 3 is 2.64 bits per heavy atom. The number of carbonyl (C=O) groups is 3. The van der Waals surface area contributed by atoms with Crippen molar-refractivity contribution in [2.24, 2.45) is 0 Å². The third kappa shape index (κ3) is 4.76. The van der Waals surface area contributed by atoms with E-state index in [-0.39, 0.29) is 25.3 Å². The fraction of sp³-hybridized carbons (Fsp3) is 0.211. The van der Waals surface area contributed by atoms with E-state index in [1.54, 1.807) is 30.3 Å². The van der Waals surface area contributed by atoms with Crippen molar-refractivity contribution in [1.29, 1.82) is 0 Å². The maximum absolute atomic E-state index is 12.6. The Bertz CT molecular complexity index is 938. The molecule has 2 N–H and O–H groups in total. The number of nitrogens with one attached hydrogen (secondary N) is 2. The van der Waals surface area contributed by atoms with Gasteiger partial charge >= 0.3 is 6.03 Å². The molecule has 1 fully saturated rings. The number of hydrogen-bond donors (Lipinski definition) is 2. The number of imide groups is 1. The molecule has 0 radical (unpaired) electrons. The van der Waals surface area contributed by atoms with E-state index < -0.39 is 18.0 Å². The molecule has 1 aliphatic rings. The number of anilines is 1. The van der Waals surface area contributed by atoms with Crippen LogP contribution in [0.3, 0.4) is 0 Å². The Labute approximate surface area is 185 Å². The number of urea groups is 1. The first-order valence-corrected chi connectivity index (χ1v) is 10.3. The van der Waals surface area contributed by atoms with Crippen LogP contribution in [0.15, 0.2) is 42.5 Å². The molecule has 1 heterocycles. The van der Waals surface area contributed by atoms with Crippen molar-refractivity contribution in [2.45, 2.75) is 25.4 Å². The predicted octanol–water partition coefficient (Wildman–Crippen LogP) is 4.44. The van der Waals surface area contributed by atoms with E-state index in [1.807, 2.05) is 12.1 Å². The summed E-state index contributed by atoms with van der Waals surface area (Å²) < 4.78 is 0.832. The van der Waals surface area contributed by atoms with Gasteiger partial charge in [-0.2, -0.15) is 0 Å². The number of benzene rings is 2. The van der Waals surface area contributed by atoms with Gasteiger partial charge in [0, 0.05) is 26.6 Å². The van der Waals surface area contributed by atoms with Crippen LogP contribution in [0.4, 0.5) is 10.5 Å². The van der Waals surface area contributed by atoms with Gasteiger partial charge in [0.15, 0.2) is 0 Å². The number of nitrogens with zero attached hydrogens (tertiary/aromatic N) is 1. The molecule has 28 heavy (non-hydrogen) atoms. The van der Waals surface area contributed by atoms with Crippen LogP contribution in [0.1, 0.15) is 18.4 Å². The molecular formula is C19H16Cl2IN3O3. The van der Waals surface area contributed by atoms with Crippen LogP contribution in [0.5, 0.6) is 0 Å². The highest BCUT2D eigenvalue weighted by Gasteiger charge is 2.40. The Hall–Kier alpha value is -1.84. The number of carbonyl (C=O) groups excluding carboxylic acids is 3. The van der Waals surface area contributed by atoms with E-state index in [1.165, 1.54) is 0 Å². The van der Waals surface area contributed by atoms with E-state index in [9.17, 15) is 14.4 Å². The fourth-order valence-electron chi connectivity index (χ4n) is 2.89. The summed E-state index contributed by atoms with van der Waals surface area (Å²) in [5.41, 5.74) is 1.28. The summed E-state index contributed by atoms with van der Waals surface area (Å²) in [5, 5.41) is 6.37. The van der Waals surface area contributed by atoms with Crippen LogP contribution in [0, 0.1) is 3.57 Å². The first-order valence-electron chi connectivity index (χ1n) is 8.46. The van der Waals surface area contributed by atoms with Crippen molar-refractivity contribution in [3.8, 4) is 0 Å². The average Bonchev–Trinajstić information content (AvgIpc) is 3.04. The highest BCUT2D eigenvalue weighted by Crippen LogP contribution is 2.24. The van der Waals surface area contributed by atoms with E-state index in [0.717, 1.165) is 8.47 Å². The standard InChI is InChI=1S/C19H16Cl2IN3O3/c20-12-6-5-11(13(21)9-12)10-23-18(27)16-7-8-17(26)25(16)19(28)24-15-4-2-1-3-14(15)22/h1-6,9,16H,7-8,10H2,(H,23,27)(H,24,28). The Balaban J connectivity index is 1.68. The maximum Gasteiger partial charge on any atom is 0.329 e. The molecule has 0 bridgehead atoms. The molecule has 3 rings (SSSR count). The minimum atomic E-state index is -0.861. The number of likely N-dealkylation sites (tertiary alicyclic amines) is 1. The second-order valence-electron chi connectivity index (χ2n) is 6.18.